The predicted octanol–water partition coefficient (Wildman–Crippen LogP) is 1.54. The van der Waals surface area contributed by atoms with Gasteiger partial charge in [-0.25, -0.2) is 0 Å². The highest BCUT2D eigenvalue weighted by Gasteiger charge is 2.15. The molecule has 0 saturated carbocycles. The molecule has 0 aliphatic rings. The Morgan fingerprint density at radius 3 is 2.39 bits per heavy atom. The minimum atomic E-state index is -0.00874. The summed E-state index contributed by atoms with van der Waals surface area (Å²) in [7, 11) is 4.20. The van der Waals surface area contributed by atoms with Crippen LogP contribution in [0.1, 0.15) is 33.6 Å². The predicted molar refractivity (Wildman–Crippen MR) is 77.6 cm³/mol. The molecule has 0 heterocycles. The van der Waals surface area contributed by atoms with Gasteiger partial charge in [-0.3, -0.25) is 4.90 Å². The summed E-state index contributed by atoms with van der Waals surface area (Å²) in [6.07, 6.45) is 1.98. The van der Waals surface area contributed by atoms with Gasteiger partial charge in [0.2, 0.25) is 0 Å². The maximum absolute atomic E-state index is 9.08. The Labute approximate surface area is 113 Å². The summed E-state index contributed by atoms with van der Waals surface area (Å²) < 4.78 is 0. The van der Waals surface area contributed by atoms with E-state index in [9.17, 15) is 0 Å². The van der Waals surface area contributed by atoms with Gasteiger partial charge >= 0.3 is 0 Å². The van der Waals surface area contributed by atoms with Crippen LogP contribution >= 0.6 is 0 Å². The van der Waals surface area contributed by atoms with E-state index in [1.165, 1.54) is 0 Å². The average Bonchev–Trinajstić information content (AvgIpc) is 2.32. The summed E-state index contributed by atoms with van der Waals surface area (Å²) in [5.41, 5.74) is 0. The zero-order valence-corrected chi connectivity index (χ0v) is 12.7. The lowest BCUT2D eigenvalue weighted by atomic mass is 10.2. The second-order valence-electron chi connectivity index (χ2n) is 5.16. The molecule has 0 aromatic carbocycles. The van der Waals surface area contributed by atoms with Gasteiger partial charge in [0.25, 0.3) is 0 Å². The molecule has 0 aliphatic heterocycles. The van der Waals surface area contributed by atoms with E-state index in [-0.39, 0.29) is 6.04 Å². The van der Waals surface area contributed by atoms with E-state index >= 15 is 0 Å². The number of nitrogens with zero attached hydrogens (tertiary/aromatic N) is 3. The Morgan fingerprint density at radius 1 is 1.28 bits per heavy atom. The van der Waals surface area contributed by atoms with Crippen LogP contribution in [0.3, 0.4) is 0 Å². The zero-order chi connectivity index (χ0) is 14.0. The molecule has 0 amide bonds. The highest BCUT2D eigenvalue weighted by molar-refractivity contribution is 4.90. The number of rotatable bonds is 10. The van der Waals surface area contributed by atoms with E-state index in [1.807, 2.05) is 0 Å². The lowest BCUT2D eigenvalue weighted by molar-refractivity contribution is 0.177. The fourth-order valence-corrected chi connectivity index (χ4v) is 2.16. The SMILES string of the molecule is CCCNC(C#N)CCN(CC)C(C)CN(C)C. The van der Waals surface area contributed by atoms with Crippen LogP contribution in [0.25, 0.3) is 0 Å². The van der Waals surface area contributed by atoms with Crippen LogP contribution in [0.15, 0.2) is 0 Å². The highest BCUT2D eigenvalue weighted by atomic mass is 15.2. The molecule has 0 radical (unpaired) electrons. The normalized spacial score (nSPS) is 14.8. The molecule has 0 bridgehead atoms. The Kier molecular flexibility index (Phi) is 9.95. The number of nitrogens with one attached hydrogen (secondary N) is 1. The van der Waals surface area contributed by atoms with Gasteiger partial charge in [0, 0.05) is 19.1 Å². The second kappa shape index (κ2) is 10.3. The summed E-state index contributed by atoms with van der Waals surface area (Å²) in [6.45, 7) is 10.6. The van der Waals surface area contributed by atoms with Crippen molar-refractivity contribution < 1.29 is 0 Å². The topological polar surface area (TPSA) is 42.3 Å². The van der Waals surface area contributed by atoms with Crippen LogP contribution in [-0.4, -0.2) is 62.2 Å². The zero-order valence-electron chi connectivity index (χ0n) is 12.7. The molecule has 0 aromatic heterocycles. The molecule has 0 aromatic rings. The lowest BCUT2D eigenvalue weighted by Crippen LogP contribution is -2.42. The second-order valence-corrected chi connectivity index (χ2v) is 5.16. The molecular formula is C14H30N4. The molecule has 4 nitrogen and oxygen atoms in total. The molecule has 18 heavy (non-hydrogen) atoms. The fourth-order valence-electron chi connectivity index (χ4n) is 2.16. The molecule has 0 aliphatic carbocycles. The third-order valence-electron chi connectivity index (χ3n) is 3.16. The largest absolute Gasteiger partial charge is 0.308 e. The van der Waals surface area contributed by atoms with Gasteiger partial charge in [0.05, 0.1) is 12.1 Å². The number of hydrogen-bond acceptors (Lipinski definition) is 4. The smallest absolute Gasteiger partial charge is 0.0965 e. The van der Waals surface area contributed by atoms with E-state index < -0.39 is 0 Å². The van der Waals surface area contributed by atoms with Gasteiger partial charge < -0.3 is 10.2 Å². The molecule has 1 N–H and O–H groups in total. The third kappa shape index (κ3) is 7.65. The van der Waals surface area contributed by atoms with E-state index in [2.05, 4.69) is 56.1 Å². The van der Waals surface area contributed by atoms with Crippen molar-refractivity contribution in [1.82, 2.24) is 15.1 Å². The Morgan fingerprint density at radius 2 is 1.94 bits per heavy atom. The summed E-state index contributed by atoms with van der Waals surface area (Å²) >= 11 is 0. The summed E-state index contributed by atoms with van der Waals surface area (Å²) in [4.78, 5) is 4.66. The van der Waals surface area contributed by atoms with E-state index in [0.717, 1.165) is 39.0 Å². The molecule has 0 spiro atoms. The van der Waals surface area contributed by atoms with Gasteiger partial charge in [-0.05, 0) is 47.0 Å². The highest BCUT2D eigenvalue weighted by Crippen LogP contribution is 2.03. The number of nitriles is 1. The molecule has 2 atom stereocenters. The molecular weight excluding hydrogens is 224 g/mol. The van der Waals surface area contributed by atoms with Crippen molar-refractivity contribution in [3.63, 3.8) is 0 Å². The van der Waals surface area contributed by atoms with Crippen molar-refractivity contribution in [2.45, 2.75) is 45.7 Å². The average molecular weight is 254 g/mol. The number of likely N-dealkylation sites (N-methyl/N-ethyl adjacent to an activating group) is 2. The van der Waals surface area contributed by atoms with Gasteiger partial charge in [0.15, 0.2) is 0 Å². The standard InChI is InChI=1S/C14H30N4/c1-6-9-16-14(11-15)8-10-18(7-2)13(3)12-17(4)5/h13-14,16H,6-10,12H2,1-5H3. The summed E-state index contributed by atoms with van der Waals surface area (Å²) in [5, 5.41) is 12.4. The summed E-state index contributed by atoms with van der Waals surface area (Å²) in [6, 6.07) is 2.88. The van der Waals surface area contributed by atoms with E-state index in [1.54, 1.807) is 0 Å². The van der Waals surface area contributed by atoms with Crippen molar-refractivity contribution in [1.29, 1.82) is 5.26 Å². The Hall–Kier alpha value is -0.630. The van der Waals surface area contributed by atoms with Crippen molar-refractivity contribution in [3.05, 3.63) is 0 Å². The summed E-state index contributed by atoms with van der Waals surface area (Å²) in [5.74, 6) is 0. The van der Waals surface area contributed by atoms with E-state index in [0.29, 0.717) is 6.04 Å². The van der Waals surface area contributed by atoms with E-state index in [4.69, 9.17) is 5.26 Å². The van der Waals surface area contributed by atoms with Crippen LogP contribution in [0.4, 0.5) is 0 Å². The monoisotopic (exact) mass is 254 g/mol. The first kappa shape index (κ1) is 17.4. The number of hydrogen-bond donors (Lipinski definition) is 1. The Balaban J connectivity index is 4.08. The first-order valence-electron chi connectivity index (χ1n) is 7.06. The van der Waals surface area contributed by atoms with Gasteiger partial charge in [-0.1, -0.05) is 13.8 Å². The maximum Gasteiger partial charge on any atom is 0.0965 e. The van der Waals surface area contributed by atoms with Crippen LogP contribution in [0.5, 0.6) is 0 Å². The lowest BCUT2D eigenvalue weighted by Gasteiger charge is -2.30. The van der Waals surface area contributed by atoms with Crippen molar-refractivity contribution in [3.8, 4) is 6.07 Å². The fraction of sp³-hybridized carbons (Fsp3) is 0.929. The minimum absolute atomic E-state index is 0.00874. The molecule has 106 valence electrons. The quantitative estimate of drug-likeness (QED) is 0.642. The van der Waals surface area contributed by atoms with Crippen molar-refractivity contribution >= 4 is 0 Å². The molecule has 0 saturated heterocycles. The first-order chi connectivity index (χ1) is 8.54. The third-order valence-corrected chi connectivity index (χ3v) is 3.16. The van der Waals surface area contributed by atoms with Crippen LogP contribution in [0, 0.1) is 11.3 Å². The van der Waals surface area contributed by atoms with Gasteiger partial charge in [-0.15, -0.1) is 0 Å². The Bertz CT molecular complexity index is 234. The van der Waals surface area contributed by atoms with Crippen molar-refractivity contribution in [2.75, 3.05) is 40.3 Å². The molecule has 0 rings (SSSR count). The molecule has 0 fully saturated rings. The molecule has 2 unspecified atom stereocenters. The van der Waals surface area contributed by atoms with Gasteiger partial charge in [0.1, 0.15) is 0 Å². The molecule has 4 heteroatoms. The maximum atomic E-state index is 9.08. The van der Waals surface area contributed by atoms with Crippen LogP contribution in [-0.2, 0) is 0 Å². The van der Waals surface area contributed by atoms with Crippen LogP contribution < -0.4 is 5.32 Å². The van der Waals surface area contributed by atoms with Gasteiger partial charge in [-0.2, -0.15) is 5.26 Å². The first-order valence-corrected chi connectivity index (χ1v) is 7.06. The minimum Gasteiger partial charge on any atom is -0.308 e. The van der Waals surface area contributed by atoms with Crippen molar-refractivity contribution in [2.24, 2.45) is 0 Å². The van der Waals surface area contributed by atoms with Crippen LogP contribution in [0.2, 0.25) is 0 Å².